The molecule has 0 radical (unpaired) electrons. The van der Waals surface area contributed by atoms with E-state index in [-0.39, 0.29) is 17.9 Å². The van der Waals surface area contributed by atoms with Gasteiger partial charge in [-0.25, -0.2) is 9.78 Å². The number of anilines is 2. The number of fused-ring (bicyclic) bond motifs is 1. The monoisotopic (exact) mass is 370 g/mol. The summed E-state index contributed by atoms with van der Waals surface area (Å²) in [5.74, 6) is 0.233. The van der Waals surface area contributed by atoms with E-state index < -0.39 is 0 Å². The van der Waals surface area contributed by atoms with Crippen LogP contribution in [0.2, 0.25) is 0 Å². The Labute approximate surface area is 156 Å². The predicted octanol–water partition coefficient (Wildman–Crippen LogP) is 3.70. The lowest BCUT2D eigenvalue weighted by Gasteiger charge is -2.26. The maximum atomic E-state index is 12.6. The second kappa shape index (κ2) is 6.72. The molecule has 0 bridgehead atoms. The highest BCUT2D eigenvalue weighted by atomic mass is 32.1. The summed E-state index contributed by atoms with van der Waals surface area (Å²) in [6.07, 6.45) is 2.66. The van der Waals surface area contributed by atoms with Crippen LogP contribution in [0.1, 0.15) is 34.5 Å². The molecule has 1 fully saturated rings. The number of benzene rings is 1. The van der Waals surface area contributed by atoms with E-state index in [0.717, 1.165) is 34.7 Å². The Kier molecular flexibility index (Phi) is 4.40. The van der Waals surface area contributed by atoms with Gasteiger partial charge in [0, 0.05) is 29.4 Å². The zero-order valence-corrected chi connectivity index (χ0v) is 15.8. The van der Waals surface area contributed by atoms with E-state index in [1.54, 1.807) is 4.90 Å². The number of aryl methyl sites for hydroxylation is 2. The van der Waals surface area contributed by atoms with Crippen molar-refractivity contribution < 1.29 is 9.59 Å². The van der Waals surface area contributed by atoms with Crippen LogP contribution in [-0.2, 0) is 17.8 Å². The van der Waals surface area contributed by atoms with E-state index in [1.807, 2.05) is 25.1 Å². The Morgan fingerprint density at radius 3 is 2.73 bits per heavy atom. The summed E-state index contributed by atoms with van der Waals surface area (Å²) < 4.78 is 0. The number of carbonyl (C=O) groups excluding carboxylic acids is 2. The molecule has 2 heterocycles. The maximum absolute atomic E-state index is 12.6. The van der Waals surface area contributed by atoms with Gasteiger partial charge in [-0.05, 0) is 49.9 Å². The summed E-state index contributed by atoms with van der Waals surface area (Å²) in [6, 6.07) is 5.82. The average molecular weight is 370 g/mol. The van der Waals surface area contributed by atoms with Gasteiger partial charge in [0.15, 0.2) is 5.13 Å². The van der Waals surface area contributed by atoms with E-state index >= 15 is 0 Å². The van der Waals surface area contributed by atoms with Crippen molar-refractivity contribution >= 4 is 34.1 Å². The Morgan fingerprint density at radius 1 is 1.19 bits per heavy atom. The zero-order valence-electron chi connectivity index (χ0n) is 15.0. The molecule has 0 saturated heterocycles. The normalized spacial score (nSPS) is 16.2. The molecule has 1 aliphatic carbocycles. The van der Waals surface area contributed by atoms with Crippen LogP contribution in [0, 0.1) is 19.8 Å². The van der Waals surface area contributed by atoms with Crippen molar-refractivity contribution in [1.82, 2.24) is 9.88 Å². The average Bonchev–Trinajstić information content (AvgIpc) is 3.38. The van der Waals surface area contributed by atoms with Crippen LogP contribution in [0.5, 0.6) is 0 Å². The van der Waals surface area contributed by atoms with E-state index in [1.165, 1.54) is 16.9 Å². The minimum atomic E-state index is -0.101. The molecular formula is C19H22N4O2S. The number of urea groups is 1. The SMILES string of the molecule is Cc1ccc(NC(=O)N2CCc3nc(NC(=O)C4CC4)sc3C2)cc1C. The lowest BCUT2D eigenvalue weighted by atomic mass is 10.1. The summed E-state index contributed by atoms with van der Waals surface area (Å²) in [5, 5.41) is 6.54. The molecule has 136 valence electrons. The number of hydrogen-bond acceptors (Lipinski definition) is 4. The predicted molar refractivity (Wildman–Crippen MR) is 103 cm³/mol. The smallest absolute Gasteiger partial charge is 0.319 e. The van der Waals surface area contributed by atoms with Crippen molar-refractivity contribution in [3.05, 3.63) is 39.9 Å². The number of nitrogens with zero attached hydrogens (tertiary/aromatic N) is 2. The largest absolute Gasteiger partial charge is 0.322 e. The van der Waals surface area contributed by atoms with Gasteiger partial charge in [0.05, 0.1) is 12.2 Å². The number of rotatable bonds is 3. The highest BCUT2D eigenvalue weighted by Crippen LogP contribution is 2.33. The molecule has 0 unspecified atom stereocenters. The van der Waals surface area contributed by atoms with Gasteiger partial charge in [-0.1, -0.05) is 17.4 Å². The van der Waals surface area contributed by atoms with Crippen molar-refractivity contribution in [3.8, 4) is 0 Å². The first-order chi connectivity index (χ1) is 12.5. The standard InChI is InChI=1S/C19H22N4O2S/c1-11-3-6-14(9-12(11)2)20-19(25)23-8-7-15-16(10-23)26-18(21-15)22-17(24)13-4-5-13/h3,6,9,13H,4-5,7-8,10H2,1-2H3,(H,20,25)(H,21,22,24). The number of hydrogen-bond donors (Lipinski definition) is 2. The molecule has 26 heavy (non-hydrogen) atoms. The van der Waals surface area contributed by atoms with Crippen molar-refractivity contribution in [2.24, 2.45) is 5.92 Å². The third-order valence-corrected chi connectivity index (χ3v) is 5.95. The van der Waals surface area contributed by atoms with Gasteiger partial charge >= 0.3 is 6.03 Å². The van der Waals surface area contributed by atoms with Gasteiger partial charge in [-0.2, -0.15) is 0 Å². The van der Waals surface area contributed by atoms with Crippen molar-refractivity contribution in [2.45, 2.75) is 39.7 Å². The number of aromatic nitrogens is 1. The Hall–Kier alpha value is -2.41. The summed E-state index contributed by atoms with van der Waals surface area (Å²) >= 11 is 1.48. The summed E-state index contributed by atoms with van der Waals surface area (Å²) in [5.41, 5.74) is 4.17. The molecule has 0 spiro atoms. The molecule has 6 nitrogen and oxygen atoms in total. The van der Waals surface area contributed by atoms with E-state index in [0.29, 0.717) is 24.6 Å². The van der Waals surface area contributed by atoms with Gasteiger partial charge in [0.25, 0.3) is 0 Å². The molecule has 1 aromatic carbocycles. The maximum Gasteiger partial charge on any atom is 0.322 e. The third-order valence-electron chi connectivity index (χ3n) is 4.95. The van der Waals surface area contributed by atoms with Crippen molar-refractivity contribution in [3.63, 3.8) is 0 Å². The van der Waals surface area contributed by atoms with Crippen LogP contribution < -0.4 is 10.6 Å². The highest BCUT2D eigenvalue weighted by molar-refractivity contribution is 7.15. The molecular weight excluding hydrogens is 348 g/mol. The van der Waals surface area contributed by atoms with E-state index in [2.05, 4.69) is 22.5 Å². The fourth-order valence-corrected chi connectivity index (χ4v) is 4.02. The molecule has 2 N–H and O–H groups in total. The highest BCUT2D eigenvalue weighted by Gasteiger charge is 2.31. The molecule has 2 aromatic rings. The molecule has 1 aliphatic heterocycles. The second-order valence-electron chi connectivity index (χ2n) is 7.05. The lowest BCUT2D eigenvalue weighted by molar-refractivity contribution is -0.117. The fourth-order valence-electron chi connectivity index (χ4n) is 3.00. The van der Waals surface area contributed by atoms with E-state index in [4.69, 9.17) is 0 Å². The number of nitrogens with one attached hydrogen (secondary N) is 2. The van der Waals surface area contributed by atoms with Crippen LogP contribution in [0.25, 0.3) is 0 Å². The number of thiazole rings is 1. The van der Waals surface area contributed by atoms with Crippen LogP contribution in [-0.4, -0.2) is 28.4 Å². The third kappa shape index (κ3) is 3.58. The molecule has 0 atom stereocenters. The van der Waals surface area contributed by atoms with Crippen LogP contribution >= 0.6 is 11.3 Å². The van der Waals surface area contributed by atoms with Crippen LogP contribution in [0.15, 0.2) is 18.2 Å². The summed E-state index contributed by atoms with van der Waals surface area (Å²) in [7, 11) is 0. The first-order valence-electron chi connectivity index (χ1n) is 8.92. The zero-order chi connectivity index (χ0) is 18.3. The second-order valence-corrected chi connectivity index (χ2v) is 8.14. The summed E-state index contributed by atoms with van der Waals surface area (Å²) in [4.78, 5) is 31.9. The Morgan fingerprint density at radius 2 is 2.00 bits per heavy atom. The quantitative estimate of drug-likeness (QED) is 0.865. The fraction of sp³-hybridized carbons (Fsp3) is 0.421. The topological polar surface area (TPSA) is 74.3 Å². The molecule has 2 aliphatic rings. The van der Waals surface area contributed by atoms with Crippen molar-refractivity contribution in [1.29, 1.82) is 0 Å². The minimum Gasteiger partial charge on any atom is -0.319 e. The number of amides is 3. The molecule has 7 heteroatoms. The van der Waals surface area contributed by atoms with Gasteiger partial charge in [0.2, 0.25) is 5.91 Å². The molecule has 1 aromatic heterocycles. The lowest BCUT2D eigenvalue weighted by Crippen LogP contribution is -2.38. The van der Waals surface area contributed by atoms with Gasteiger partial charge in [0.1, 0.15) is 0 Å². The van der Waals surface area contributed by atoms with Gasteiger partial charge in [-0.3, -0.25) is 4.79 Å². The minimum absolute atomic E-state index is 0.0698. The Bertz CT molecular complexity index is 872. The van der Waals surface area contributed by atoms with Crippen LogP contribution in [0.3, 0.4) is 0 Å². The first-order valence-corrected chi connectivity index (χ1v) is 9.74. The first kappa shape index (κ1) is 17.0. The Balaban J connectivity index is 1.40. The van der Waals surface area contributed by atoms with E-state index in [9.17, 15) is 9.59 Å². The van der Waals surface area contributed by atoms with Crippen molar-refractivity contribution in [2.75, 3.05) is 17.2 Å². The van der Waals surface area contributed by atoms with Gasteiger partial charge < -0.3 is 15.5 Å². The number of carbonyl (C=O) groups is 2. The molecule has 4 rings (SSSR count). The van der Waals surface area contributed by atoms with Gasteiger partial charge in [-0.15, -0.1) is 0 Å². The summed E-state index contributed by atoms with van der Waals surface area (Å²) in [6.45, 7) is 5.25. The molecule has 1 saturated carbocycles. The van der Waals surface area contributed by atoms with Crippen LogP contribution in [0.4, 0.5) is 15.6 Å². The molecule has 3 amide bonds.